The lowest BCUT2D eigenvalue weighted by atomic mass is 10.0. The largest absolute Gasteiger partial charge is 0.342 e. The Labute approximate surface area is 141 Å². The molecule has 0 fully saturated rings. The van der Waals surface area contributed by atoms with Crippen LogP contribution < -0.4 is 0 Å². The smallest absolute Gasteiger partial charge is 0.308 e. The second-order valence-corrected chi connectivity index (χ2v) is 7.15. The molecular formula is C17H20NO5P. The van der Waals surface area contributed by atoms with Crippen LogP contribution in [-0.4, -0.2) is 18.1 Å². The molecule has 0 saturated heterocycles. The Hall–Kier alpha value is -2.01. The molecule has 1 unspecified atom stereocenters. The molecule has 24 heavy (non-hydrogen) atoms. The van der Waals surface area contributed by atoms with Gasteiger partial charge in [-0.3, -0.25) is 14.7 Å². The Morgan fingerprint density at radius 3 is 1.92 bits per heavy atom. The van der Waals surface area contributed by atoms with E-state index in [0.29, 0.717) is 5.56 Å². The monoisotopic (exact) mass is 349 g/mol. The second-order valence-electron chi connectivity index (χ2n) is 5.04. The number of nitro benzene ring substituents is 1. The van der Waals surface area contributed by atoms with Crippen LogP contribution in [-0.2, 0) is 13.6 Å². The van der Waals surface area contributed by atoms with Crippen molar-refractivity contribution in [1.29, 1.82) is 0 Å². The van der Waals surface area contributed by atoms with E-state index in [1.807, 2.05) is 30.3 Å². The first-order chi connectivity index (χ1) is 11.5. The molecule has 0 radical (unpaired) electrons. The predicted octanol–water partition coefficient (Wildman–Crippen LogP) is 4.95. The third-order valence-electron chi connectivity index (χ3n) is 3.47. The van der Waals surface area contributed by atoms with Gasteiger partial charge in [-0.05, 0) is 25.0 Å². The predicted molar refractivity (Wildman–Crippen MR) is 92.2 cm³/mol. The van der Waals surface area contributed by atoms with E-state index >= 15 is 0 Å². The second kappa shape index (κ2) is 8.20. The van der Waals surface area contributed by atoms with Gasteiger partial charge in [-0.1, -0.05) is 42.5 Å². The van der Waals surface area contributed by atoms with Crippen LogP contribution in [0.25, 0.3) is 0 Å². The van der Waals surface area contributed by atoms with E-state index < -0.39 is 18.2 Å². The molecule has 0 spiro atoms. The standard InChI is InChI=1S/C17H20NO5P/c1-3-22-24(21,23-4-2)17(14-8-6-5-7-9-14)15-10-12-16(13-11-15)18(19)20/h5-13,17H,3-4H2,1-2H3. The van der Waals surface area contributed by atoms with Crippen molar-refractivity contribution in [3.05, 3.63) is 75.8 Å². The molecule has 0 heterocycles. The summed E-state index contributed by atoms with van der Waals surface area (Å²) in [7, 11) is -3.48. The highest BCUT2D eigenvalue weighted by atomic mass is 31.2. The number of rotatable bonds is 8. The molecule has 0 amide bonds. The van der Waals surface area contributed by atoms with Gasteiger partial charge in [0.2, 0.25) is 0 Å². The summed E-state index contributed by atoms with van der Waals surface area (Å²) in [6.45, 7) is 3.99. The lowest BCUT2D eigenvalue weighted by Gasteiger charge is -2.27. The molecule has 6 nitrogen and oxygen atoms in total. The summed E-state index contributed by atoms with van der Waals surface area (Å²) >= 11 is 0. The Morgan fingerprint density at radius 1 is 0.958 bits per heavy atom. The van der Waals surface area contributed by atoms with Gasteiger partial charge in [0, 0.05) is 12.1 Å². The molecule has 2 aromatic carbocycles. The Morgan fingerprint density at radius 2 is 1.46 bits per heavy atom. The van der Waals surface area contributed by atoms with Crippen LogP contribution >= 0.6 is 7.60 Å². The number of benzene rings is 2. The van der Waals surface area contributed by atoms with Gasteiger partial charge >= 0.3 is 7.60 Å². The van der Waals surface area contributed by atoms with Crippen molar-refractivity contribution < 1.29 is 18.5 Å². The Bertz CT molecular complexity index is 708. The average Bonchev–Trinajstić information content (AvgIpc) is 2.57. The van der Waals surface area contributed by atoms with Crippen molar-refractivity contribution in [1.82, 2.24) is 0 Å². The van der Waals surface area contributed by atoms with E-state index in [9.17, 15) is 14.7 Å². The first-order valence-corrected chi connectivity index (χ1v) is 9.31. The van der Waals surface area contributed by atoms with E-state index in [-0.39, 0.29) is 18.9 Å². The van der Waals surface area contributed by atoms with Crippen LogP contribution in [0.5, 0.6) is 0 Å². The number of non-ortho nitro benzene ring substituents is 1. The highest BCUT2D eigenvalue weighted by Gasteiger charge is 2.38. The van der Waals surface area contributed by atoms with Gasteiger partial charge in [0.05, 0.1) is 18.1 Å². The van der Waals surface area contributed by atoms with Gasteiger partial charge in [0.15, 0.2) is 0 Å². The molecule has 128 valence electrons. The van der Waals surface area contributed by atoms with E-state index in [0.717, 1.165) is 5.56 Å². The number of nitro groups is 1. The molecule has 2 aromatic rings. The summed E-state index contributed by atoms with van der Waals surface area (Å²) in [5.41, 5.74) is 0.765. The highest BCUT2D eigenvalue weighted by molar-refractivity contribution is 7.54. The minimum Gasteiger partial charge on any atom is -0.308 e. The Kier molecular flexibility index (Phi) is 6.26. The van der Waals surface area contributed by atoms with Crippen LogP contribution in [0.15, 0.2) is 54.6 Å². The highest BCUT2D eigenvalue weighted by Crippen LogP contribution is 2.63. The van der Waals surface area contributed by atoms with Crippen LogP contribution in [0.4, 0.5) is 5.69 Å². The van der Waals surface area contributed by atoms with Gasteiger partial charge in [-0.2, -0.15) is 0 Å². The molecule has 1 atom stereocenters. The normalized spacial score (nSPS) is 12.8. The average molecular weight is 349 g/mol. The van der Waals surface area contributed by atoms with Crippen molar-refractivity contribution in [2.75, 3.05) is 13.2 Å². The summed E-state index contributed by atoms with van der Waals surface area (Å²) in [5.74, 6) is 0. The first kappa shape index (κ1) is 18.3. The lowest BCUT2D eigenvalue weighted by Crippen LogP contribution is -2.08. The minimum absolute atomic E-state index is 0.0202. The topological polar surface area (TPSA) is 78.7 Å². The zero-order valence-electron chi connectivity index (χ0n) is 13.6. The fourth-order valence-electron chi connectivity index (χ4n) is 2.52. The zero-order chi connectivity index (χ0) is 17.6. The maximum Gasteiger partial charge on any atom is 0.342 e. The molecule has 0 aromatic heterocycles. The summed E-state index contributed by atoms with van der Waals surface area (Å²) in [6.07, 6.45) is 0. The molecule has 0 aliphatic rings. The third kappa shape index (κ3) is 4.09. The Balaban J connectivity index is 2.54. The first-order valence-electron chi connectivity index (χ1n) is 7.70. The van der Waals surface area contributed by atoms with Crippen molar-refractivity contribution in [2.45, 2.75) is 19.5 Å². The van der Waals surface area contributed by atoms with Crippen LogP contribution in [0.3, 0.4) is 0 Å². The molecule has 0 bridgehead atoms. The summed E-state index contributed by atoms with van der Waals surface area (Å²) < 4.78 is 24.4. The van der Waals surface area contributed by atoms with E-state index in [4.69, 9.17) is 9.05 Å². The SMILES string of the molecule is CCOP(=O)(OCC)C(c1ccccc1)c1ccc([N+](=O)[O-])cc1. The van der Waals surface area contributed by atoms with Gasteiger partial charge in [-0.25, -0.2) is 0 Å². The van der Waals surface area contributed by atoms with Gasteiger partial charge < -0.3 is 9.05 Å². The molecule has 0 saturated carbocycles. The quantitative estimate of drug-likeness (QED) is 0.383. The maximum atomic E-state index is 13.4. The molecule has 2 rings (SSSR count). The van der Waals surface area contributed by atoms with Gasteiger partial charge in [-0.15, -0.1) is 0 Å². The zero-order valence-corrected chi connectivity index (χ0v) is 14.5. The minimum atomic E-state index is -3.48. The third-order valence-corrected chi connectivity index (χ3v) is 5.93. The van der Waals surface area contributed by atoms with E-state index in [2.05, 4.69) is 0 Å². The van der Waals surface area contributed by atoms with Crippen LogP contribution in [0.2, 0.25) is 0 Å². The molecule has 0 aliphatic carbocycles. The maximum absolute atomic E-state index is 13.4. The number of hydrogen-bond acceptors (Lipinski definition) is 5. The van der Waals surface area contributed by atoms with Gasteiger partial charge in [0.1, 0.15) is 5.66 Å². The summed E-state index contributed by atoms with van der Waals surface area (Å²) in [6, 6.07) is 15.2. The molecule has 7 heteroatoms. The lowest BCUT2D eigenvalue weighted by molar-refractivity contribution is -0.384. The van der Waals surface area contributed by atoms with Crippen molar-refractivity contribution in [3.63, 3.8) is 0 Å². The van der Waals surface area contributed by atoms with Crippen LogP contribution in [0.1, 0.15) is 30.6 Å². The van der Waals surface area contributed by atoms with E-state index in [1.165, 1.54) is 12.1 Å². The fourth-order valence-corrected chi connectivity index (χ4v) is 4.68. The fraction of sp³-hybridized carbons (Fsp3) is 0.294. The van der Waals surface area contributed by atoms with Crippen molar-refractivity contribution in [2.24, 2.45) is 0 Å². The number of nitrogens with zero attached hydrogens (tertiary/aromatic N) is 1. The van der Waals surface area contributed by atoms with Gasteiger partial charge in [0.25, 0.3) is 5.69 Å². The molecule has 0 N–H and O–H groups in total. The van der Waals surface area contributed by atoms with Crippen molar-refractivity contribution in [3.8, 4) is 0 Å². The summed E-state index contributed by atoms with van der Waals surface area (Å²) in [5, 5.41) is 10.9. The summed E-state index contributed by atoms with van der Waals surface area (Å²) in [4.78, 5) is 10.4. The molecule has 0 aliphatic heterocycles. The van der Waals surface area contributed by atoms with Crippen LogP contribution in [0, 0.1) is 10.1 Å². The number of hydrogen-bond donors (Lipinski definition) is 0. The molecular weight excluding hydrogens is 329 g/mol. The van der Waals surface area contributed by atoms with Crippen molar-refractivity contribution >= 4 is 13.3 Å². The van der Waals surface area contributed by atoms with E-state index in [1.54, 1.807) is 26.0 Å².